The van der Waals surface area contributed by atoms with E-state index in [2.05, 4.69) is 12.2 Å². The molecule has 0 saturated heterocycles. The van der Waals surface area contributed by atoms with E-state index in [9.17, 15) is 9.59 Å². The van der Waals surface area contributed by atoms with E-state index >= 15 is 0 Å². The Hall–Kier alpha value is -2.47. The lowest BCUT2D eigenvalue weighted by Gasteiger charge is -2.22. The largest absolute Gasteiger partial charge is 0.452 e. The van der Waals surface area contributed by atoms with E-state index in [0.29, 0.717) is 23.0 Å². The standard InChI is InChI=1S/C20H22N2O3S/c1-14-11-12-22(17-9-5-6-10-18(17)26-14)19(23)13-25-20(24)15-7-3-4-8-16(15)21-2/h3-10,14,21H,11-13H2,1-2H3. The van der Waals surface area contributed by atoms with Crippen molar-refractivity contribution < 1.29 is 14.3 Å². The maximum atomic E-state index is 12.7. The van der Waals surface area contributed by atoms with Crippen molar-refractivity contribution in [1.29, 1.82) is 0 Å². The summed E-state index contributed by atoms with van der Waals surface area (Å²) >= 11 is 1.77. The summed E-state index contributed by atoms with van der Waals surface area (Å²) in [7, 11) is 1.74. The highest BCUT2D eigenvalue weighted by Crippen LogP contribution is 2.37. The summed E-state index contributed by atoms with van der Waals surface area (Å²) in [5.41, 5.74) is 1.98. The first-order valence-electron chi connectivity index (χ1n) is 8.60. The van der Waals surface area contributed by atoms with Gasteiger partial charge in [-0.25, -0.2) is 4.79 Å². The van der Waals surface area contributed by atoms with Gasteiger partial charge in [-0.05, 0) is 30.7 Å². The number of para-hydroxylation sites is 2. The number of hydrogen-bond donors (Lipinski definition) is 1. The molecule has 0 aromatic heterocycles. The molecule has 0 spiro atoms. The Morgan fingerprint density at radius 1 is 1.19 bits per heavy atom. The van der Waals surface area contributed by atoms with Crippen molar-refractivity contribution in [2.45, 2.75) is 23.5 Å². The number of ether oxygens (including phenoxy) is 1. The summed E-state index contributed by atoms with van der Waals surface area (Å²) in [6.45, 7) is 2.50. The Bertz CT molecular complexity index is 809. The molecule has 0 aliphatic carbocycles. The van der Waals surface area contributed by atoms with Crippen LogP contribution in [0.15, 0.2) is 53.4 Å². The number of carbonyl (C=O) groups is 2. The number of hydrogen-bond acceptors (Lipinski definition) is 5. The zero-order valence-electron chi connectivity index (χ0n) is 14.9. The summed E-state index contributed by atoms with van der Waals surface area (Å²) in [5.74, 6) is -0.711. The Morgan fingerprint density at radius 2 is 1.92 bits per heavy atom. The molecule has 1 aliphatic rings. The zero-order chi connectivity index (χ0) is 18.5. The van der Waals surface area contributed by atoms with Gasteiger partial charge in [-0.2, -0.15) is 0 Å². The van der Waals surface area contributed by atoms with E-state index in [1.54, 1.807) is 41.9 Å². The van der Waals surface area contributed by atoms with E-state index < -0.39 is 5.97 Å². The third-order valence-electron chi connectivity index (χ3n) is 4.29. The molecule has 1 aliphatic heterocycles. The Labute approximate surface area is 157 Å². The number of nitrogens with zero attached hydrogens (tertiary/aromatic N) is 1. The van der Waals surface area contributed by atoms with Crippen LogP contribution in [0.25, 0.3) is 0 Å². The number of benzene rings is 2. The van der Waals surface area contributed by atoms with Gasteiger partial charge in [0.2, 0.25) is 0 Å². The smallest absolute Gasteiger partial charge is 0.340 e. The maximum absolute atomic E-state index is 12.7. The topological polar surface area (TPSA) is 58.6 Å². The van der Waals surface area contributed by atoms with Crippen LogP contribution < -0.4 is 10.2 Å². The predicted molar refractivity (Wildman–Crippen MR) is 105 cm³/mol. The minimum absolute atomic E-state index is 0.206. The number of esters is 1. The van der Waals surface area contributed by atoms with Crippen LogP contribution in [0.3, 0.4) is 0 Å². The molecule has 0 radical (unpaired) electrons. The highest BCUT2D eigenvalue weighted by atomic mass is 32.2. The summed E-state index contributed by atoms with van der Waals surface area (Å²) in [6.07, 6.45) is 0.890. The average molecular weight is 370 g/mol. The van der Waals surface area contributed by atoms with Gasteiger partial charge in [0.05, 0.1) is 11.3 Å². The van der Waals surface area contributed by atoms with Crippen LogP contribution in [0.4, 0.5) is 11.4 Å². The summed E-state index contributed by atoms with van der Waals surface area (Å²) < 4.78 is 5.29. The van der Waals surface area contributed by atoms with Crippen LogP contribution in [0.1, 0.15) is 23.7 Å². The van der Waals surface area contributed by atoms with Gasteiger partial charge in [0, 0.05) is 29.4 Å². The molecule has 0 bridgehead atoms. The summed E-state index contributed by atoms with van der Waals surface area (Å²) in [5, 5.41) is 3.38. The van der Waals surface area contributed by atoms with Crippen LogP contribution in [-0.2, 0) is 9.53 Å². The molecule has 6 heteroatoms. The second kappa shape index (κ2) is 8.27. The molecular weight excluding hydrogens is 348 g/mol. The van der Waals surface area contributed by atoms with Gasteiger partial charge in [0.15, 0.2) is 6.61 Å². The summed E-state index contributed by atoms with van der Waals surface area (Å²) in [4.78, 5) is 27.9. The van der Waals surface area contributed by atoms with Crippen molar-refractivity contribution in [1.82, 2.24) is 0 Å². The van der Waals surface area contributed by atoms with Gasteiger partial charge in [0.25, 0.3) is 5.91 Å². The lowest BCUT2D eigenvalue weighted by molar-refractivity contribution is -0.121. The lowest BCUT2D eigenvalue weighted by Crippen LogP contribution is -2.35. The molecule has 1 unspecified atom stereocenters. The molecule has 1 heterocycles. The molecule has 26 heavy (non-hydrogen) atoms. The molecule has 1 N–H and O–H groups in total. The second-order valence-corrected chi connectivity index (χ2v) is 7.58. The van der Waals surface area contributed by atoms with Gasteiger partial charge in [0.1, 0.15) is 0 Å². The number of nitrogens with one attached hydrogen (secondary N) is 1. The first-order valence-corrected chi connectivity index (χ1v) is 9.48. The molecule has 2 aromatic rings. The number of thioether (sulfide) groups is 1. The monoisotopic (exact) mass is 370 g/mol. The number of amides is 1. The fourth-order valence-corrected chi connectivity index (χ4v) is 4.02. The van der Waals surface area contributed by atoms with Gasteiger partial charge in [-0.3, -0.25) is 4.79 Å². The van der Waals surface area contributed by atoms with Crippen LogP contribution in [0.2, 0.25) is 0 Å². The molecule has 0 fully saturated rings. The fraction of sp³-hybridized carbons (Fsp3) is 0.300. The third-order valence-corrected chi connectivity index (χ3v) is 5.52. The van der Waals surface area contributed by atoms with E-state index in [1.165, 1.54) is 0 Å². The Kier molecular flexibility index (Phi) is 5.83. The molecule has 5 nitrogen and oxygen atoms in total. The summed E-state index contributed by atoms with van der Waals surface area (Å²) in [6, 6.07) is 14.9. The van der Waals surface area contributed by atoms with Crippen molar-refractivity contribution in [2.24, 2.45) is 0 Å². The first-order chi connectivity index (χ1) is 12.6. The Morgan fingerprint density at radius 3 is 2.73 bits per heavy atom. The lowest BCUT2D eigenvalue weighted by atomic mass is 10.2. The highest BCUT2D eigenvalue weighted by molar-refractivity contribution is 8.00. The molecule has 1 atom stereocenters. The second-order valence-electron chi connectivity index (χ2n) is 6.10. The van der Waals surface area contributed by atoms with Crippen molar-refractivity contribution in [2.75, 3.05) is 30.4 Å². The molecule has 3 rings (SSSR count). The third kappa shape index (κ3) is 4.02. The van der Waals surface area contributed by atoms with E-state index in [0.717, 1.165) is 17.0 Å². The zero-order valence-corrected chi connectivity index (χ0v) is 15.7. The predicted octanol–water partition coefficient (Wildman–Crippen LogP) is 3.80. The van der Waals surface area contributed by atoms with E-state index in [4.69, 9.17) is 4.74 Å². The van der Waals surface area contributed by atoms with Crippen LogP contribution in [0, 0.1) is 0 Å². The maximum Gasteiger partial charge on any atom is 0.340 e. The van der Waals surface area contributed by atoms with Crippen molar-refractivity contribution in [3.63, 3.8) is 0 Å². The van der Waals surface area contributed by atoms with Gasteiger partial charge in [-0.1, -0.05) is 31.2 Å². The number of carbonyl (C=O) groups excluding carboxylic acids is 2. The average Bonchev–Trinajstić information content (AvgIpc) is 2.84. The minimum Gasteiger partial charge on any atom is -0.452 e. The molecular formula is C20H22N2O3S. The van der Waals surface area contributed by atoms with Gasteiger partial charge >= 0.3 is 5.97 Å². The fourth-order valence-electron chi connectivity index (χ4n) is 2.91. The van der Waals surface area contributed by atoms with Crippen molar-refractivity contribution in [3.05, 3.63) is 54.1 Å². The molecule has 136 valence electrons. The molecule has 1 amide bonds. The molecule has 0 saturated carbocycles. The SMILES string of the molecule is CNc1ccccc1C(=O)OCC(=O)N1CCC(C)Sc2ccccc21. The van der Waals surface area contributed by atoms with Crippen LogP contribution >= 0.6 is 11.8 Å². The highest BCUT2D eigenvalue weighted by Gasteiger charge is 2.25. The van der Waals surface area contributed by atoms with Crippen molar-refractivity contribution >= 4 is 35.0 Å². The minimum atomic E-state index is -0.505. The van der Waals surface area contributed by atoms with E-state index in [1.807, 2.05) is 30.3 Å². The van der Waals surface area contributed by atoms with Crippen molar-refractivity contribution in [3.8, 4) is 0 Å². The number of fused-ring (bicyclic) bond motifs is 1. The normalized spacial score (nSPS) is 16.4. The van der Waals surface area contributed by atoms with Gasteiger partial charge < -0.3 is 15.0 Å². The number of anilines is 2. The number of rotatable bonds is 4. The van der Waals surface area contributed by atoms with Crippen LogP contribution in [0.5, 0.6) is 0 Å². The first kappa shape index (κ1) is 18.3. The van der Waals surface area contributed by atoms with E-state index in [-0.39, 0.29) is 12.5 Å². The molecule has 2 aromatic carbocycles. The van der Waals surface area contributed by atoms with Crippen LogP contribution in [-0.4, -0.2) is 37.3 Å². The quantitative estimate of drug-likeness (QED) is 0.830. The Balaban J connectivity index is 1.71. The van der Waals surface area contributed by atoms with Gasteiger partial charge in [-0.15, -0.1) is 11.8 Å².